The minimum absolute atomic E-state index is 0.124. The van der Waals surface area contributed by atoms with E-state index in [9.17, 15) is 4.79 Å². The number of thiophene rings is 1. The predicted molar refractivity (Wildman–Crippen MR) is 86.7 cm³/mol. The quantitative estimate of drug-likeness (QED) is 0.777. The molecule has 0 spiro atoms. The maximum absolute atomic E-state index is 12.0. The zero-order valence-electron chi connectivity index (χ0n) is 11.0. The summed E-state index contributed by atoms with van der Waals surface area (Å²) in [5.74, 6) is 0.387. The fraction of sp³-hybridized carbons (Fsp3) is 0.0667. The second-order valence-electron chi connectivity index (χ2n) is 4.54. The standard InChI is InChI=1S/C15H12ClN3OS/c16-13-4-3-12(21-13)15(20)19-8-9-1-2-11-10(7-9)5-6-18-14(11)17/h1-7H,8H2,(H2,17,18)(H,19,20). The third-order valence-electron chi connectivity index (χ3n) is 3.11. The first kappa shape index (κ1) is 13.9. The van der Waals surface area contributed by atoms with Crippen molar-refractivity contribution in [1.82, 2.24) is 10.3 Å². The largest absolute Gasteiger partial charge is 0.383 e. The number of carbonyl (C=O) groups is 1. The van der Waals surface area contributed by atoms with Crippen molar-refractivity contribution in [2.24, 2.45) is 0 Å². The molecule has 0 bridgehead atoms. The number of halogens is 1. The second kappa shape index (κ2) is 5.71. The molecule has 21 heavy (non-hydrogen) atoms. The Morgan fingerprint density at radius 3 is 2.90 bits per heavy atom. The molecule has 3 rings (SSSR count). The smallest absolute Gasteiger partial charge is 0.261 e. The Kier molecular flexibility index (Phi) is 3.77. The third kappa shape index (κ3) is 2.99. The number of nitrogens with one attached hydrogen (secondary N) is 1. The van der Waals surface area contributed by atoms with E-state index in [1.54, 1.807) is 18.3 Å². The molecule has 0 atom stereocenters. The van der Waals surface area contributed by atoms with Gasteiger partial charge in [0.15, 0.2) is 0 Å². The molecule has 2 heterocycles. The molecule has 3 aromatic rings. The molecule has 3 N–H and O–H groups in total. The first-order valence-electron chi connectivity index (χ1n) is 6.30. The van der Waals surface area contributed by atoms with Crippen LogP contribution in [0.15, 0.2) is 42.6 Å². The molecule has 2 aromatic heterocycles. The Morgan fingerprint density at radius 2 is 2.14 bits per heavy atom. The molecule has 0 aliphatic rings. The number of hydrogen-bond acceptors (Lipinski definition) is 4. The van der Waals surface area contributed by atoms with E-state index in [1.807, 2.05) is 24.3 Å². The maximum Gasteiger partial charge on any atom is 0.261 e. The van der Waals surface area contributed by atoms with E-state index in [-0.39, 0.29) is 5.91 Å². The second-order valence-corrected chi connectivity index (χ2v) is 6.25. The summed E-state index contributed by atoms with van der Waals surface area (Å²) in [5, 5.41) is 4.80. The van der Waals surface area contributed by atoms with Gasteiger partial charge in [0.1, 0.15) is 5.82 Å². The first-order valence-corrected chi connectivity index (χ1v) is 7.49. The normalized spacial score (nSPS) is 10.7. The van der Waals surface area contributed by atoms with Crippen molar-refractivity contribution in [2.45, 2.75) is 6.54 Å². The SMILES string of the molecule is Nc1nccc2cc(CNC(=O)c3ccc(Cl)s3)ccc12. The minimum Gasteiger partial charge on any atom is -0.383 e. The van der Waals surface area contributed by atoms with Gasteiger partial charge >= 0.3 is 0 Å². The lowest BCUT2D eigenvalue weighted by molar-refractivity contribution is 0.0955. The summed E-state index contributed by atoms with van der Waals surface area (Å²) in [6.45, 7) is 0.451. The molecular formula is C15H12ClN3OS. The molecule has 1 aromatic carbocycles. The van der Waals surface area contributed by atoms with Crippen LogP contribution in [0.25, 0.3) is 10.8 Å². The number of anilines is 1. The van der Waals surface area contributed by atoms with Crippen molar-refractivity contribution in [3.05, 3.63) is 57.4 Å². The van der Waals surface area contributed by atoms with E-state index >= 15 is 0 Å². The topological polar surface area (TPSA) is 68.0 Å². The summed E-state index contributed by atoms with van der Waals surface area (Å²) in [5.41, 5.74) is 6.82. The van der Waals surface area contributed by atoms with Gasteiger partial charge in [-0.15, -0.1) is 11.3 Å². The van der Waals surface area contributed by atoms with Crippen LogP contribution in [0.5, 0.6) is 0 Å². The fourth-order valence-corrected chi connectivity index (χ4v) is 3.03. The highest BCUT2D eigenvalue weighted by atomic mass is 35.5. The minimum atomic E-state index is -0.124. The lowest BCUT2D eigenvalue weighted by Crippen LogP contribution is -2.21. The number of nitrogens with two attached hydrogens (primary N) is 1. The fourth-order valence-electron chi connectivity index (χ4n) is 2.07. The van der Waals surface area contributed by atoms with Gasteiger partial charge in [0.2, 0.25) is 0 Å². The Balaban J connectivity index is 1.75. The Bertz CT molecular complexity index is 816. The monoisotopic (exact) mass is 317 g/mol. The first-order chi connectivity index (χ1) is 10.1. The van der Waals surface area contributed by atoms with Crippen LogP contribution in [0.2, 0.25) is 4.34 Å². The summed E-state index contributed by atoms with van der Waals surface area (Å²) in [4.78, 5) is 16.6. The highest BCUT2D eigenvalue weighted by molar-refractivity contribution is 7.17. The number of hydrogen-bond donors (Lipinski definition) is 2. The zero-order valence-corrected chi connectivity index (χ0v) is 12.5. The number of nitrogens with zero attached hydrogens (tertiary/aromatic N) is 1. The number of benzene rings is 1. The van der Waals surface area contributed by atoms with Gasteiger partial charge in [0.05, 0.1) is 9.21 Å². The van der Waals surface area contributed by atoms with E-state index in [0.717, 1.165) is 16.3 Å². The highest BCUT2D eigenvalue weighted by Crippen LogP contribution is 2.22. The van der Waals surface area contributed by atoms with Crippen LogP contribution in [0, 0.1) is 0 Å². The van der Waals surface area contributed by atoms with Crippen LogP contribution in [0.3, 0.4) is 0 Å². The zero-order chi connectivity index (χ0) is 14.8. The van der Waals surface area contributed by atoms with Crippen molar-refractivity contribution in [1.29, 1.82) is 0 Å². The molecule has 0 unspecified atom stereocenters. The van der Waals surface area contributed by atoms with Crippen molar-refractivity contribution in [3.63, 3.8) is 0 Å². The van der Waals surface area contributed by atoms with Gasteiger partial charge in [0, 0.05) is 18.1 Å². The molecular weight excluding hydrogens is 306 g/mol. The van der Waals surface area contributed by atoms with Gasteiger partial charge in [0.25, 0.3) is 5.91 Å². The van der Waals surface area contributed by atoms with Crippen LogP contribution in [-0.2, 0) is 6.54 Å². The molecule has 1 amide bonds. The molecule has 0 aliphatic heterocycles. The van der Waals surface area contributed by atoms with Gasteiger partial charge in [-0.1, -0.05) is 23.7 Å². The molecule has 106 valence electrons. The van der Waals surface area contributed by atoms with E-state index in [2.05, 4.69) is 10.3 Å². The summed E-state index contributed by atoms with van der Waals surface area (Å²) in [7, 11) is 0. The average molecular weight is 318 g/mol. The lowest BCUT2D eigenvalue weighted by atomic mass is 10.1. The van der Waals surface area contributed by atoms with Gasteiger partial charge in [-0.2, -0.15) is 0 Å². The highest BCUT2D eigenvalue weighted by Gasteiger charge is 2.08. The average Bonchev–Trinajstić information content (AvgIpc) is 2.91. The molecule has 4 nitrogen and oxygen atoms in total. The number of pyridine rings is 1. The van der Waals surface area contributed by atoms with Crippen molar-refractivity contribution < 1.29 is 4.79 Å². The van der Waals surface area contributed by atoms with E-state index < -0.39 is 0 Å². The number of amides is 1. The van der Waals surface area contributed by atoms with Crippen molar-refractivity contribution in [3.8, 4) is 0 Å². The summed E-state index contributed by atoms with van der Waals surface area (Å²) >= 11 is 7.09. The number of aromatic nitrogens is 1. The van der Waals surface area contributed by atoms with Crippen molar-refractivity contribution in [2.75, 3.05) is 5.73 Å². The Morgan fingerprint density at radius 1 is 1.29 bits per heavy atom. The predicted octanol–water partition coefficient (Wildman–Crippen LogP) is 3.46. The van der Waals surface area contributed by atoms with Gasteiger partial charge in [-0.25, -0.2) is 4.98 Å². The molecule has 0 radical (unpaired) electrons. The summed E-state index contributed by atoms with van der Waals surface area (Å²) < 4.78 is 0.605. The van der Waals surface area contributed by atoms with Crippen LogP contribution >= 0.6 is 22.9 Å². The van der Waals surface area contributed by atoms with E-state index in [0.29, 0.717) is 21.6 Å². The van der Waals surface area contributed by atoms with Crippen molar-refractivity contribution >= 4 is 45.4 Å². The van der Waals surface area contributed by atoms with Crippen LogP contribution in [0.1, 0.15) is 15.2 Å². The number of rotatable bonds is 3. The Labute approximate surface area is 130 Å². The molecule has 0 fully saturated rings. The van der Waals surface area contributed by atoms with Crippen LogP contribution in [0.4, 0.5) is 5.82 Å². The number of nitrogen functional groups attached to an aromatic ring is 1. The van der Waals surface area contributed by atoms with Crippen LogP contribution in [-0.4, -0.2) is 10.9 Å². The molecule has 6 heteroatoms. The molecule has 0 saturated carbocycles. The summed E-state index contributed by atoms with van der Waals surface area (Å²) in [6.07, 6.45) is 1.67. The molecule has 0 aliphatic carbocycles. The number of carbonyl (C=O) groups excluding carboxylic acids is 1. The van der Waals surface area contributed by atoms with E-state index in [1.165, 1.54) is 11.3 Å². The molecule has 0 saturated heterocycles. The van der Waals surface area contributed by atoms with Gasteiger partial charge < -0.3 is 11.1 Å². The van der Waals surface area contributed by atoms with Gasteiger partial charge in [-0.3, -0.25) is 4.79 Å². The summed E-state index contributed by atoms with van der Waals surface area (Å²) in [6, 6.07) is 11.2. The number of fused-ring (bicyclic) bond motifs is 1. The third-order valence-corrected chi connectivity index (χ3v) is 4.34. The Hall–Kier alpha value is -2.11. The van der Waals surface area contributed by atoms with E-state index in [4.69, 9.17) is 17.3 Å². The lowest BCUT2D eigenvalue weighted by Gasteiger charge is -2.06. The van der Waals surface area contributed by atoms with Gasteiger partial charge in [-0.05, 0) is 35.2 Å². The van der Waals surface area contributed by atoms with Crippen LogP contribution < -0.4 is 11.1 Å². The maximum atomic E-state index is 12.0.